The van der Waals surface area contributed by atoms with E-state index in [4.69, 9.17) is 0 Å². The topological polar surface area (TPSA) is 73.0 Å². The molecule has 0 spiro atoms. The van der Waals surface area contributed by atoms with Crippen LogP contribution in [0.4, 0.5) is 11.5 Å². The number of rotatable bonds is 3. The Morgan fingerprint density at radius 2 is 2.12 bits per heavy atom. The quantitative estimate of drug-likeness (QED) is 0.631. The summed E-state index contributed by atoms with van der Waals surface area (Å²) in [4.78, 5) is 14.1. The van der Waals surface area contributed by atoms with Crippen molar-refractivity contribution in [1.29, 1.82) is 0 Å². The highest BCUT2D eigenvalue weighted by Crippen LogP contribution is 2.17. The van der Waals surface area contributed by atoms with Gasteiger partial charge in [0.1, 0.15) is 12.0 Å². The lowest BCUT2D eigenvalue weighted by Crippen LogP contribution is -2.08. The van der Waals surface area contributed by atoms with E-state index in [9.17, 15) is 10.1 Å². The number of anilines is 1. The Bertz CT molecular complexity index is 508. The number of aryl methyl sites for hydroxylation is 1. The van der Waals surface area contributed by atoms with E-state index in [0.29, 0.717) is 5.82 Å². The third kappa shape index (κ3) is 2.00. The zero-order valence-electron chi connectivity index (χ0n) is 8.62. The van der Waals surface area contributed by atoms with Crippen LogP contribution >= 0.6 is 0 Å². The number of hydrogen-bond acceptors (Lipinski definition) is 4. The van der Waals surface area contributed by atoms with Crippen molar-refractivity contribution in [2.24, 2.45) is 0 Å². The third-order valence-corrected chi connectivity index (χ3v) is 2.11. The summed E-state index contributed by atoms with van der Waals surface area (Å²) >= 11 is 0. The first-order chi connectivity index (χ1) is 7.66. The summed E-state index contributed by atoms with van der Waals surface area (Å²) in [6.07, 6.45) is 4.88. The minimum atomic E-state index is -0.459. The predicted octanol–water partition coefficient (Wildman–Crippen LogP) is 1.97. The molecule has 0 amide bonds. The summed E-state index contributed by atoms with van der Waals surface area (Å²) in [6.45, 7) is 1.77. The number of nitro groups is 1. The molecule has 6 heteroatoms. The molecule has 16 heavy (non-hydrogen) atoms. The van der Waals surface area contributed by atoms with E-state index in [2.05, 4.69) is 10.4 Å². The van der Waals surface area contributed by atoms with Crippen LogP contribution in [0.5, 0.6) is 0 Å². The van der Waals surface area contributed by atoms with Gasteiger partial charge in [-0.3, -0.25) is 20.2 Å². The number of nitrogens with one attached hydrogen (secondary N) is 1. The second-order valence-corrected chi connectivity index (χ2v) is 3.32. The fourth-order valence-electron chi connectivity index (χ4n) is 1.31. The highest BCUT2D eigenvalue weighted by molar-refractivity contribution is 5.47. The van der Waals surface area contributed by atoms with Gasteiger partial charge < -0.3 is 0 Å². The van der Waals surface area contributed by atoms with E-state index in [1.165, 1.54) is 12.3 Å². The average molecular weight is 218 g/mol. The lowest BCUT2D eigenvalue weighted by Gasteiger charge is -2.08. The van der Waals surface area contributed by atoms with Gasteiger partial charge in [-0.25, -0.2) is 4.98 Å². The van der Waals surface area contributed by atoms with Gasteiger partial charge in [0.2, 0.25) is 0 Å². The molecule has 1 N–H and O–H groups in total. The number of pyridine rings is 1. The molecule has 0 atom stereocenters. The van der Waals surface area contributed by atoms with E-state index in [1.54, 1.807) is 11.6 Å². The van der Waals surface area contributed by atoms with Crippen LogP contribution in [-0.4, -0.2) is 14.6 Å². The third-order valence-electron chi connectivity index (χ3n) is 2.11. The molecule has 0 saturated heterocycles. The van der Waals surface area contributed by atoms with E-state index < -0.39 is 4.92 Å². The highest BCUT2D eigenvalue weighted by Gasteiger charge is 2.09. The molecule has 0 saturated carbocycles. The molecule has 0 aliphatic rings. The molecule has 2 heterocycles. The van der Waals surface area contributed by atoms with Gasteiger partial charge in [0.15, 0.2) is 0 Å². The van der Waals surface area contributed by atoms with Crippen LogP contribution in [0.2, 0.25) is 0 Å². The standard InChI is InChI=1S/C10H10N4O2/c1-8-6-9(14(15)16)7-11-10(8)12-13-4-2-3-5-13/h2-7H,1H3,(H,11,12). The second-order valence-electron chi connectivity index (χ2n) is 3.32. The van der Waals surface area contributed by atoms with E-state index in [1.807, 2.05) is 24.5 Å². The van der Waals surface area contributed by atoms with E-state index in [0.717, 1.165) is 5.56 Å². The molecule has 2 aromatic rings. The Hall–Kier alpha value is -2.37. The van der Waals surface area contributed by atoms with Crippen LogP contribution in [0.1, 0.15) is 5.56 Å². The summed E-state index contributed by atoms with van der Waals surface area (Å²) in [6, 6.07) is 5.22. The number of hydrogen-bond donors (Lipinski definition) is 1. The first-order valence-corrected chi connectivity index (χ1v) is 4.68. The SMILES string of the molecule is Cc1cc([N+](=O)[O-])cnc1Nn1cccc1. The maximum absolute atomic E-state index is 10.5. The summed E-state index contributed by atoms with van der Waals surface area (Å²) < 4.78 is 1.72. The van der Waals surface area contributed by atoms with Crippen molar-refractivity contribution in [3.05, 3.63) is 52.5 Å². The van der Waals surface area contributed by atoms with Gasteiger partial charge in [0.25, 0.3) is 5.69 Å². The van der Waals surface area contributed by atoms with Crippen molar-refractivity contribution in [2.75, 3.05) is 5.43 Å². The number of nitrogens with zero attached hydrogens (tertiary/aromatic N) is 3. The maximum atomic E-state index is 10.5. The van der Waals surface area contributed by atoms with E-state index >= 15 is 0 Å². The normalized spacial score (nSPS) is 10.1. The Morgan fingerprint density at radius 3 is 2.69 bits per heavy atom. The summed E-state index contributed by atoms with van der Waals surface area (Å²) in [5, 5.41) is 10.5. The average Bonchev–Trinajstić information content (AvgIpc) is 2.73. The molecule has 6 nitrogen and oxygen atoms in total. The zero-order chi connectivity index (χ0) is 11.5. The molecule has 0 fully saturated rings. The van der Waals surface area contributed by atoms with Crippen molar-refractivity contribution in [1.82, 2.24) is 9.66 Å². The molecule has 0 aromatic carbocycles. The Kier molecular flexibility index (Phi) is 2.55. The van der Waals surface area contributed by atoms with Gasteiger partial charge in [-0.2, -0.15) is 0 Å². The molecule has 0 aliphatic carbocycles. The zero-order valence-corrected chi connectivity index (χ0v) is 8.62. The summed E-state index contributed by atoms with van der Waals surface area (Å²) in [7, 11) is 0. The summed E-state index contributed by atoms with van der Waals surface area (Å²) in [5.41, 5.74) is 3.72. The van der Waals surface area contributed by atoms with Crippen LogP contribution < -0.4 is 5.43 Å². The van der Waals surface area contributed by atoms with E-state index in [-0.39, 0.29) is 5.69 Å². The van der Waals surface area contributed by atoms with Gasteiger partial charge in [0.05, 0.1) is 4.92 Å². The largest absolute Gasteiger partial charge is 0.287 e. The highest BCUT2D eigenvalue weighted by atomic mass is 16.6. The molecule has 0 unspecified atom stereocenters. The van der Waals surface area contributed by atoms with Gasteiger partial charge in [-0.15, -0.1) is 0 Å². The molecule has 0 bridgehead atoms. The molecule has 0 aliphatic heterocycles. The van der Waals surface area contributed by atoms with Crippen molar-refractivity contribution in [2.45, 2.75) is 6.92 Å². The molecular weight excluding hydrogens is 208 g/mol. The summed E-state index contributed by atoms with van der Waals surface area (Å²) in [5.74, 6) is 0.599. The minimum absolute atomic E-state index is 0.00411. The monoisotopic (exact) mass is 218 g/mol. The van der Waals surface area contributed by atoms with Crippen molar-refractivity contribution in [3.8, 4) is 0 Å². The first kappa shape index (κ1) is 10.2. The fourth-order valence-corrected chi connectivity index (χ4v) is 1.31. The number of aromatic nitrogens is 2. The lowest BCUT2D eigenvalue weighted by molar-refractivity contribution is -0.385. The van der Waals surface area contributed by atoms with Crippen LogP contribution in [0.3, 0.4) is 0 Å². The Labute approximate surface area is 91.7 Å². The molecule has 82 valence electrons. The van der Waals surface area contributed by atoms with Crippen molar-refractivity contribution in [3.63, 3.8) is 0 Å². The first-order valence-electron chi connectivity index (χ1n) is 4.68. The predicted molar refractivity (Wildman–Crippen MR) is 59.1 cm³/mol. The van der Waals surface area contributed by atoms with Gasteiger partial charge in [-0.05, 0) is 24.6 Å². The Morgan fingerprint density at radius 1 is 1.44 bits per heavy atom. The molecular formula is C10H10N4O2. The van der Waals surface area contributed by atoms with Crippen LogP contribution in [0.15, 0.2) is 36.8 Å². The van der Waals surface area contributed by atoms with Crippen molar-refractivity contribution >= 4 is 11.5 Å². The molecule has 2 aromatic heterocycles. The van der Waals surface area contributed by atoms with Gasteiger partial charge >= 0.3 is 0 Å². The van der Waals surface area contributed by atoms with Gasteiger partial charge in [-0.1, -0.05) is 0 Å². The minimum Gasteiger partial charge on any atom is -0.278 e. The second kappa shape index (κ2) is 4.01. The van der Waals surface area contributed by atoms with Crippen LogP contribution in [0.25, 0.3) is 0 Å². The van der Waals surface area contributed by atoms with Crippen LogP contribution in [0, 0.1) is 17.0 Å². The maximum Gasteiger partial charge on any atom is 0.287 e. The Balaban J connectivity index is 2.26. The lowest BCUT2D eigenvalue weighted by atomic mass is 10.3. The van der Waals surface area contributed by atoms with Gasteiger partial charge in [0, 0.05) is 18.5 Å². The molecule has 0 radical (unpaired) electrons. The molecule has 2 rings (SSSR count). The fraction of sp³-hybridized carbons (Fsp3) is 0.100. The smallest absolute Gasteiger partial charge is 0.278 e. The van der Waals surface area contributed by atoms with Crippen LogP contribution in [-0.2, 0) is 0 Å². The van der Waals surface area contributed by atoms with Crippen molar-refractivity contribution < 1.29 is 4.92 Å².